The third-order valence-corrected chi connectivity index (χ3v) is 5.31. The van der Waals surface area contributed by atoms with Gasteiger partial charge in [0.25, 0.3) is 5.91 Å². The molecule has 2 aliphatic rings. The Bertz CT molecular complexity index is 963. The zero-order valence-corrected chi connectivity index (χ0v) is 15.6. The van der Waals surface area contributed by atoms with Gasteiger partial charge in [-0.2, -0.15) is 0 Å². The molecule has 29 heavy (non-hydrogen) atoms. The number of carbonyl (C=O) groups is 3. The van der Waals surface area contributed by atoms with Gasteiger partial charge in [0, 0.05) is 12.3 Å². The number of anilines is 1. The number of nitrogens with zero attached hydrogens (tertiary/aromatic N) is 1. The van der Waals surface area contributed by atoms with Crippen molar-refractivity contribution in [1.29, 1.82) is 0 Å². The summed E-state index contributed by atoms with van der Waals surface area (Å²) in [5, 5.41) is 1.78. The van der Waals surface area contributed by atoms with E-state index in [1.54, 1.807) is 13.0 Å². The van der Waals surface area contributed by atoms with Crippen LogP contribution in [0.25, 0.3) is 0 Å². The first-order chi connectivity index (χ1) is 13.2. The summed E-state index contributed by atoms with van der Waals surface area (Å²) in [5.74, 6) is -1.09. The first kappa shape index (κ1) is 23.1. The molecule has 1 aromatic carbocycles. The topological polar surface area (TPSA) is 165 Å². The van der Waals surface area contributed by atoms with Crippen LogP contribution in [-0.4, -0.2) is 72.5 Å². The third kappa shape index (κ3) is 4.70. The molecule has 0 aromatic heterocycles. The van der Waals surface area contributed by atoms with Gasteiger partial charge in [0.2, 0.25) is 5.91 Å². The first-order valence-corrected chi connectivity index (χ1v) is 9.34. The summed E-state index contributed by atoms with van der Waals surface area (Å²) >= 11 is -2.38. The standard InChI is InChI=1S/C17H18N4O6S.Na.H/c1-8-2-4-10-13(14(8)27-17(19)24)20-15(28(25)26)11-6-9(3-5-12(18)22)7-21(11)16(10)23;;/h2-5,7,11,15,20H,6H2,1H3,(H2,18,22)(H2,19,24)(H,25,26);;/b5-3+;;. The van der Waals surface area contributed by atoms with Crippen LogP contribution in [0.2, 0.25) is 0 Å². The number of amides is 3. The second-order valence-electron chi connectivity index (χ2n) is 6.32. The summed E-state index contributed by atoms with van der Waals surface area (Å²) in [6, 6.07) is 2.40. The Kier molecular flexibility index (Phi) is 7.25. The molecule has 12 heteroatoms. The minimum atomic E-state index is -2.38. The Balaban J connectivity index is 0.00000300. The predicted octanol–water partition coefficient (Wildman–Crippen LogP) is -0.0828. The second kappa shape index (κ2) is 9.09. The Morgan fingerprint density at radius 1 is 1.38 bits per heavy atom. The minimum absolute atomic E-state index is 0. The predicted molar refractivity (Wildman–Crippen MR) is 108 cm³/mol. The molecule has 3 atom stereocenters. The van der Waals surface area contributed by atoms with Gasteiger partial charge in [0.1, 0.15) is 5.37 Å². The van der Waals surface area contributed by atoms with Crippen molar-refractivity contribution in [3.8, 4) is 5.75 Å². The maximum absolute atomic E-state index is 13.1. The van der Waals surface area contributed by atoms with Crippen LogP contribution in [0.3, 0.4) is 0 Å². The number of allylic oxidation sites excluding steroid dienone is 1. The quantitative estimate of drug-likeness (QED) is 0.294. The SMILES string of the molecule is Cc1ccc2c(c1OC(N)=O)NC(S(=O)O)C1CC(/C=C/C(N)=O)=CN1C2=O.[NaH]. The molecule has 3 rings (SSSR count). The van der Waals surface area contributed by atoms with Crippen LogP contribution >= 0.6 is 0 Å². The van der Waals surface area contributed by atoms with Gasteiger partial charge in [-0.05, 0) is 30.5 Å². The van der Waals surface area contributed by atoms with E-state index in [1.165, 1.54) is 23.2 Å². The molecule has 0 aliphatic carbocycles. The summed E-state index contributed by atoms with van der Waals surface area (Å²) < 4.78 is 26.9. The second-order valence-corrected chi connectivity index (χ2v) is 7.38. The van der Waals surface area contributed by atoms with Gasteiger partial charge in [-0.3, -0.25) is 9.59 Å². The molecule has 150 valence electrons. The van der Waals surface area contributed by atoms with Crippen molar-refractivity contribution < 1.29 is 27.9 Å². The van der Waals surface area contributed by atoms with E-state index in [-0.39, 0.29) is 53.0 Å². The molecule has 1 aromatic rings. The van der Waals surface area contributed by atoms with E-state index < -0.39 is 40.4 Å². The van der Waals surface area contributed by atoms with E-state index in [9.17, 15) is 23.1 Å². The van der Waals surface area contributed by atoms with Crippen molar-refractivity contribution in [2.45, 2.75) is 24.8 Å². The third-order valence-electron chi connectivity index (χ3n) is 4.44. The average molecular weight is 430 g/mol. The van der Waals surface area contributed by atoms with Crippen molar-refractivity contribution >= 4 is 64.2 Å². The number of aryl methyl sites for hydroxylation is 1. The van der Waals surface area contributed by atoms with Crippen molar-refractivity contribution in [2.75, 3.05) is 5.32 Å². The Labute approximate surface area is 190 Å². The van der Waals surface area contributed by atoms with Crippen LogP contribution in [-0.2, 0) is 15.9 Å². The van der Waals surface area contributed by atoms with Gasteiger partial charge < -0.3 is 31.0 Å². The Morgan fingerprint density at radius 2 is 2.07 bits per heavy atom. The Morgan fingerprint density at radius 3 is 2.66 bits per heavy atom. The number of benzene rings is 1. The number of nitrogens with two attached hydrogens (primary N) is 2. The number of fused-ring (bicyclic) bond motifs is 2. The summed E-state index contributed by atoms with van der Waals surface area (Å²) in [6.45, 7) is 1.65. The van der Waals surface area contributed by atoms with Gasteiger partial charge in [-0.25, -0.2) is 9.00 Å². The molecule has 10 nitrogen and oxygen atoms in total. The van der Waals surface area contributed by atoms with Crippen molar-refractivity contribution in [1.82, 2.24) is 4.90 Å². The number of primary amides is 2. The van der Waals surface area contributed by atoms with Gasteiger partial charge in [0.15, 0.2) is 16.8 Å². The van der Waals surface area contributed by atoms with Crippen LogP contribution in [0, 0.1) is 6.92 Å². The van der Waals surface area contributed by atoms with E-state index in [1.807, 2.05) is 0 Å². The van der Waals surface area contributed by atoms with Crippen LogP contribution in [0.5, 0.6) is 5.75 Å². The normalized spacial score (nSPS) is 21.2. The molecule has 0 spiro atoms. The van der Waals surface area contributed by atoms with Crippen molar-refractivity contribution in [2.24, 2.45) is 11.5 Å². The molecule has 6 N–H and O–H groups in total. The number of hydrogen-bond donors (Lipinski definition) is 4. The molecule has 2 aliphatic heterocycles. The number of hydrogen-bond acceptors (Lipinski definition) is 6. The molecular weight excluding hydrogens is 411 g/mol. The van der Waals surface area contributed by atoms with E-state index >= 15 is 0 Å². The van der Waals surface area contributed by atoms with Crippen LogP contribution in [0.15, 0.2) is 36.1 Å². The first-order valence-electron chi connectivity index (χ1n) is 8.17. The molecule has 3 amide bonds. The fraction of sp³-hybridized carbons (Fsp3) is 0.235. The van der Waals surface area contributed by atoms with E-state index in [0.29, 0.717) is 11.1 Å². The van der Waals surface area contributed by atoms with Crippen LogP contribution in [0.1, 0.15) is 22.3 Å². The summed E-state index contributed by atoms with van der Waals surface area (Å²) in [6.07, 6.45) is 3.25. The van der Waals surface area contributed by atoms with E-state index in [2.05, 4.69) is 5.32 Å². The average Bonchev–Trinajstić information content (AvgIpc) is 2.98. The van der Waals surface area contributed by atoms with Gasteiger partial charge >= 0.3 is 35.7 Å². The number of carbonyl (C=O) groups excluding carboxylic acids is 3. The Hall–Kier alpha value is -2.18. The fourth-order valence-corrected chi connectivity index (χ4v) is 3.95. The van der Waals surface area contributed by atoms with Crippen LogP contribution < -0.4 is 21.5 Å². The summed E-state index contributed by atoms with van der Waals surface area (Å²) in [5.41, 5.74) is 11.6. The van der Waals surface area contributed by atoms with Crippen LogP contribution in [0.4, 0.5) is 10.5 Å². The molecular formula is C17H19N4NaO6S. The molecule has 2 heterocycles. The van der Waals surface area contributed by atoms with Gasteiger partial charge in [-0.1, -0.05) is 12.1 Å². The monoisotopic (exact) mass is 430 g/mol. The summed E-state index contributed by atoms with van der Waals surface area (Å²) in [4.78, 5) is 36.6. The molecule has 0 bridgehead atoms. The summed E-state index contributed by atoms with van der Waals surface area (Å²) in [7, 11) is 0. The maximum atomic E-state index is 13.1. The van der Waals surface area contributed by atoms with E-state index in [0.717, 1.165) is 6.08 Å². The van der Waals surface area contributed by atoms with Crippen molar-refractivity contribution in [3.63, 3.8) is 0 Å². The number of nitrogens with one attached hydrogen (secondary N) is 1. The number of ether oxygens (including phenoxy) is 1. The zero-order chi connectivity index (χ0) is 20.6. The molecule has 3 unspecified atom stereocenters. The van der Waals surface area contributed by atoms with E-state index in [4.69, 9.17) is 16.2 Å². The van der Waals surface area contributed by atoms with Gasteiger partial charge in [0.05, 0.1) is 17.3 Å². The van der Waals surface area contributed by atoms with Crippen molar-refractivity contribution in [3.05, 3.63) is 47.2 Å². The van der Waals surface area contributed by atoms with Gasteiger partial charge in [-0.15, -0.1) is 0 Å². The fourth-order valence-electron chi connectivity index (χ4n) is 3.23. The number of rotatable bonds is 4. The zero-order valence-electron chi connectivity index (χ0n) is 14.7. The molecule has 0 saturated carbocycles. The molecule has 0 fully saturated rings. The molecule has 0 saturated heterocycles. The molecule has 0 radical (unpaired) electrons.